The minimum absolute atomic E-state index is 0.230. The molecule has 0 unspecified atom stereocenters. The largest absolute Gasteiger partial charge is 0.467 e. The average molecular weight is 150 g/mol. The molecular formula is C9H10O2. The summed E-state index contributed by atoms with van der Waals surface area (Å²) in [5.41, 5.74) is 0.629. The van der Waals surface area contributed by atoms with E-state index in [0.717, 1.165) is 0 Å². The van der Waals surface area contributed by atoms with Crippen LogP contribution >= 0.6 is 0 Å². The van der Waals surface area contributed by atoms with Crippen LogP contribution in [0.3, 0.4) is 0 Å². The van der Waals surface area contributed by atoms with Crippen LogP contribution in [0.4, 0.5) is 0 Å². The predicted molar refractivity (Wildman–Crippen MR) is 42.3 cm³/mol. The van der Waals surface area contributed by atoms with E-state index in [0.29, 0.717) is 11.3 Å². The van der Waals surface area contributed by atoms with Gasteiger partial charge in [-0.05, 0) is 11.6 Å². The van der Waals surface area contributed by atoms with Crippen LogP contribution in [0.25, 0.3) is 0 Å². The van der Waals surface area contributed by atoms with Gasteiger partial charge >= 0.3 is 0 Å². The molecule has 0 aliphatic carbocycles. The van der Waals surface area contributed by atoms with E-state index in [4.69, 9.17) is 16.4 Å². The van der Waals surface area contributed by atoms with Gasteiger partial charge in [0.25, 0.3) is 0 Å². The van der Waals surface area contributed by atoms with Crippen molar-refractivity contribution in [2.24, 2.45) is 0 Å². The third-order valence-electron chi connectivity index (χ3n) is 1.25. The van der Waals surface area contributed by atoms with Crippen LogP contribution in [0.2, 0.25) is 0 Å². The van der Waals surface area contributed by atoms with Gasteiger partial charge in [-0.3, -0.25) is 0 Å². The van der Waals surface area contributed by atoms with Crippen molar-refractivity contribution >= 4 is 0 Å². The van der Waals surface area contributed by atoms with Gasteiger partial charge in [-0.2, -0.15) is 0 Å². The second-order valence-electron chi connectivity index (χ2n) is 2.09. The van der Waals surface area contributed by atoms with Crippen LogP contribution in [-0.2, 0) is 4.74 Å². The molecule has 0 N–H and O–H groups in total. The monoisotopic (exact) mass is 150 g/mol. The van der Waals surface area contributed by atoms with Gasteiger partial charge in [-0.1, -0.05) is 18.2 Å². The van der Waals surface area contributed by atoms with Crippen LogP contribution in [0.5, 0.6) is 5.75 Å². The first-order valence-corrected chi connectivity index (χ1v) is 3.31. The maximum Gasteiger partial charge on any atom is 0.188 e. The highest BCUT2D eigenvalue weighted by atomic mass is 16.7. The lowest BCUT2D eigenvalue weighted by atomic mass is 10.2. The highest BCUT2D eigenvalue weighted by molar-refractivity contribution is 5.34. The van der Waals surface area contributed by atoms with Crippen molar-refractivity contribution in [1.82, 2.24) is 0 Å². The molecule has 0 saturated carbocycles. The molecule has 0 aliphatic heterocycles. The van der Waals surface area contributed by atoms with Gasteiger partial charge < -0.3 is 9.47 Å². The third-order valence-corrected chi connectivity index (χ3v) is 1.25. The molecule has 0 aromatic heterocycles. The molecule has 11 heavy (non-hydrogen) atoms. The van der Waals surface area contributed by atoms with E-state index in [-0.39, 0.29) is 6.79 Å². The maximum absolute atomic E-state index is 5.58. The molecule has 0 bridgehead atoms. The topological polar surface area (TPSA) is 18.5 Å². The Morgan fingerprint density at radius 2 is 2.09 bits per heavy atom. The fraction of sp³-hybridized carbons (Fsp3) is 0.222. The number of hydrogen-bond acceptors (Lipinski definition) is 2. The van der Waals surface area contributed by atoms with E-state index in [9.17, 15) is 0 Å². The van der Waals surface area contributed by atoms with Crippen LogP contribution in [0.15, 0.2) is 24.3 Å². The summed E-state index contributed by atoms with van der Waals surface area (Å²) in [6.45, 7) is 5.81. The minimum atomic E-state index is 0.230. The first-order chi connectivity index (χ1) is 5.34. The Morgan fingerprint density at radius 3 is 2.73 bits per heavy atom. The van der Waals surface area contributed by atoms with Gasteiger partial charge in [0.15, 0.2) is 6.79 Å². The Hall–Kier alpha value is -1.02. The van der Waals surface area contributed by atoms with Crippen LogP contribution in [-0.4, -0.2) is 13.9 Å². The van der Waals surface area contributed by atoms with Gasteiger partial charge in [0, 0.05) is 14.0 Å². The summed E-state index contributed by atoms with van der Waals surface area (Å²) in [6, 6.07) is 7.30. The van der Waals surface area contributed by atoms with Crippen molar-refractivity contribution in [2.75, 3.05) is 13.9 Å². The number of benzene rings is 1. The Bertz CT molecular complexity index is 221. The van der Waals surface area contributed by atoms with Gasteiger partial charge in [0.1, 0.15) is 5.75 Å². The van der Waals surface area contributed by atoms with Crippen molar-refractivity contribution in [3.05, 3.63) is 36.8 Å². The highest BCUT2D eigenvalue weighted by Gasteiger charge is 1.95. The Morgan fingerprint density at radius 1 is 1.36 bits per heavy atom. The molecular weight excluding hydrogens is 140 g/mol. The van der Waals surface area contributed by atoms with E-state index in [2.05, 4.69) is 0 Å². The SMILES string of the molecule is [CH]c1ccccc1OCOC. The summed E-state index contributed by atoms with van der Waals surface area (Å²) in [6.07, 6.45) is 0. The van der Waals surface area contributed by atoms with Crippen LogP contribution in [0, 0.1) is 6.92 Å². The van der Waals surface area contributed by atoms with E-state index < -0.39 is 0 Å². The molecule has 1 aromatic rings. The number of ether oxygens (including phenoxy) is 2. The summed E-state index contributed by atoms with van der Waals surface area (Å²) in [5, 5.41) is 0. The predicted octanol–water partition coefficient (Wildman–Crippen LogP) is 1.73. The molecule has 2 nitrogen and oxygen atoms in total. The number of methoxy groups -OCH3 is 1. The summed E-state index contributed by atoms with van der Waals surface area (Å²) in [5.74, 6) is 0.661. The molecule has 2 heteroatoms. The van der Waals surface area contributed by atoms with Gasteiger partial charge in [-0.15, -0.1) is 0 Å². The average Bonchev–Trinajstić information content (AvgIpc) is 2.03. The number of hydrogen-bond donors (Lipinski definition) is 0. The molecule has 0 aliphatic rings. The molecule has 58 valence electrons. The van der Waals surface area contributed by atoms with E-state index in [1.165, 1.54) is 0 Å². The molecule has 1 aromatic carbocycles. The lowest BCUT2D eigenvalue weighted by molar-refractivity contribution is 0.0508. The zero-order valence-electron chi connectivity index (χ0n) is 6.41. The van der Waals surface area contributed by atoms with Crippen molar-refractivity contribution in [1.29, 1.82) is 0 Å². The standard InChI is InChI=1S/C9H10O2/c1-8-5-3-4-6-9(8)11-7-10-2/h1,3-6H,7H2,2H3. The molecule has 1 rings (SSSR count). The van der Waals surface area contributed by atoms with Crippen molar-refractivity contribution in [3.63, 3.8) is 0 Å². The number of para-hydroxylation sites is 1. The first kappa shape index (κ1) is 8.08. The fourth-order valence-electron chi connectivity index (χ4n) is 0.734. The second-order valence-corrected chi connectivity index (χ2v) is 2.09. The third kappa shape index (κ3) is 2.24. The number of rotatable bonds is 3. The smallest absolute Gasteiger partial charge is 0.188 e. The van der Waals surface area contributed by atoms with Crippen LogP contribution in [0.1, 0.15) is 5.56 Å². The fourth-order valence-corrected chi connectivity index (χ4v) is 0.734. The normalized spacial score (nSPS) is 9.64. The summed E-state index contributed by atoms with van der Waals surface area (Å²) in [7, 11) is 1.57. The zero-order valence-corrected chi connectivity index (χ0v) is 6.41. The van der Waals surface area contributed by atoms with Crippen molar-refractivity contribution < 1.29 is 9.47 Å². The van der Waals surface area contributed by atoms with Gasteiger partial charge in [-0.25, -0.2) is 0 Å². The molecule has 0 fully saturated rings. The molecule has 2 radical (unpaired) electrons. The maximum atomic E-state index is 5.58. The Kier molecular flexibility index (Phi) is 2.93. The molecule has 0 amide bonds. The quantitative estimate of drug-likeness (QED) is 0.611. The molecule has 0 heterocycles. The van der Waals surface area contributed by atoms with Crippen molar-refractivity contribution in [3.8, 4) is 5.75 Å². The Balaban J connectivity index is 2.62. The highest BCUT2D eigenvalue weighted by Crippen LogP contribution is 2.15. The molecule has 0 saturated heterocycles. The molecule has 0 spiro atoms. The summed E-state index contributed by atoms with van der Waals surface area (Å²) < 4.78 is 9.86. The van der Waals surface area contributed by atoms with Crippen LogP contribution < -0.4 is 4.74 Å². The first-order valence-electron chi connectivity index (χ1n) is 3.31. The van der Waals surface area contributed by atoms with E-state index >= 15 is 0 Å². The summed E-state index contributed by atoms with van der Waals surface area (Å²) >= 11 is 0. The lowest BCUT2D eigenvalue weighted by Gasteiger charge is -2.05. The second kappa shape index (κ2) is 3.98. The Labute approximate surface area is 66.8 Å². The summed E-state index contributed by atoms with van der Waals surface area (Å²) in [4.78, 5) is 0. The minimum Gasteiger partial charge on any atom is -0.467 e. The van der Waals surface area contributed by atoms with E-state index in [1.54, 1.807) is 19.2 Å². The van der Waals surface area contributed by atoms with Gasteiger partial charge in [0.2, 0.25) is 0 Å². The van der Waals surface area contributed by atoms with E-state index in [1.807, 2.05) is 12.1 Å². The molecule has 0 atom stereocenters. The van der Waals surface area contributed by atoms with Crippen molar-refractivity contribution in [2.45, 2.75) is 0 Å². The zero-order chi connectivity index (χ0) is 8.10. The van der Waals surface area contributed by atoms with Gasteiger partial charge in [0.05, 0.1) is 0 Å². The lowest BCUT2D eigenvalue weighted by Crippen LogP contribution is -1.99.